The summed E-state index contributed by atoms with van der Waals surface area (Å²) < 4.78 is 0. The van der Waals surface area contributed by atoms with Gasteiger partial charge in [-0.3, -0.25) is 9.78 Å². The molecule has 1 saturated heterocycles. The summed E-state index contributed by atoms with van der Waals surface area (Å²) >= 11 is 0. The van der Waals surface area contributed by atoms with E-state index in [9.17, 15) is 4.79 Å². The molecule has 0 bridgehead atoms. The summed E-state index contributed by atoms with van der Waals surface area (Å²) in [6, 6.07) is 13.8. The topological polar surface area (TPSA) is 45.2 Å². The van der Waals surface area contributed by atoms with Crippen LogP contribution in [0.3, 0.4) is 0 Å². The normalized spacial score (nSPS) is 17.7. The summed E-state index contributed by atoms with van der Waals surface area (Å²) in [5.74, 6) is 0.0974. The molecule has 1 aliphatic rings. The average Bonchev–Trinajstić information content (AvgIpc) is 3.04. The molecule has 1 fully saturated rings. The van der Waals surface area contributed by atoms with E-state index in [2.05, 4.69) is 15.2 Å². The summed E-state index contributed by atoms with van der Waals surface area (Å²) in [6.07, 6.45) is 5.51. The minimum Gasteiger partial charge on any atom is -0.358 e. The number of anilines is 1. The highest BCUT2D eigenvalue weighted by Gasteiger charge is 2.30. The van der Waals surface area contributed by atoms with Crippen LogP contribution < -0.4 is 10.2 Å². The number of benzene rings is 1. The van der Waals surface area contributed by atoms with Gasteiger partial charge in [-0.05, 0) is 30.5 Å². The van der Waals surface area contributed by atoms with Gasteiger partial charge in [0.05, 0.1) is 11.9 Å². The Morgan fingerprint density at radius 1 is 1.24 bits per heavy atom. The minimum atomic E-state index is -0.0853. The van der Waals surface area contributed by atoms with Crippen molar-refractivity contribution in [3.63, 3.8) is 0 Å². The fraction of sp³-hybridized carbons (Fsp3) is 0.294. The minimum absolute atomic E-state index is 0.0853. The molecule has 0 spiro atoms. The maximum atomic E-state index is 12.4. The molecule has 1 aromatic carbocycles. The zero-order chi connectivity index (χ0) is 14.5. The lowest BCUT2D eigenvalue weighted by Crippen LogP contribution is -2.43. The largest absolute Gasteiger partial charge is 0.358 e. The zero-order valence-corrected chi connectivity index (χ0v) is 11.9. The van der Waals surface area contributed by atoms with Crippen molar-refractivity contribution in [1.82, 2.24) is 10.3 Å². The third kappa shape index (κ3) is 3.21. The Labute approximate surface area is 124 Å². The van der Waals surface area contributed by atoms with E-state index < -0.39 is 0 Å². The number of nitrogens with one attached hydrogen (secondary N) is 1. The number of hydrogen-bond acceptors (Lipinski definition) is 3. The first-order valence-electron chi connectivity index (χ1n) is 7.33. The summed E-state index contributed by atoms with van der Waals surface area (Å²) in [5.41, 5.74) is 2.15. The van der Waals surface area contributed by atoms with E-state index >= 15 is 0 Å². The quantitative estimate of drug-likeness (QED) is 0.936. The number of rotatable bonds is 4. The Morgan fingerprint density at radius 3 is 2.86 bits per heavy atom. The second-order valence-electron chi connectivity index (χ2n) is 5.27. The summed E-state index contributed by atoms with van der Waals surface area (Å²) in [6.45, 7) is 1.49. The zero-order valence-electron chi connectivity index (χ0n) is 11.9. The van der Waals surface area contributed by atoms with Crippen molar-refractivity contribution in [2.75, 3.05) is 11.4 Å². The highest BCUT2D eigenvalue weighted by Crippen LogP contribution is 2.24. The van der Waals surface area contributed by atoms with Gasteiger partial charge in [0.25, 0.3) is 0 Å². The second kappa shape index (κ2) is 6.39. The Morgan fingerprint density at radius 2 is 2.10 bits per heavy atom. The Hall–Kier alpha value is -2.36. The van der Waals surface area contributed by atoms with Crippen molar-refractivity contribution in [2.24, 2.45) is 0 Å². The highest BCUT2D eigenvalue weighted by atomic mass is 16.2. The lowest BCUT2D eigenvalue weighted by atomic mass is 10.2. The molecule has 0 aliphatic carbocycles. The molecule has 21 heavy (non-hydrogen) atoms. The van der Waals surface area contributed by atoms with E-state index in [1.807, 2.05) is 48.7 Å². The number of nitrogens with zero attached hydrogens (tertiary/aromatic N) is 2. The van der Waals surface area contributed by atoms with Gasteiger partial charge in [0, 0.05) is 19.3 Å². The monoisotopic (exact) mass is 281 g/mol. The van der Waals surface area contributed by atoms with Gasteiger partial charge in [-0.1, -0.05) is 30.3 Å². The summed E-state index contributed by atoms with van der Waals surface area (Å²) in [4.78, 5) is 18.7. The summed E-state index contributed by atoms with van der Waals surface area (Å²) in [5, 5.41) is 3.04. The molecule has 108 valence electrons. The van der Waals surface area contributed by atoms with Crippen LogP contribution in [-0.4, -0.2) is 23.5 Å². The molecular weight excluding hydrogens is 262 g/mol. The molecule has 0 radical (unpaired) electrons. The van der Waals surface area contributed by atoms with Crippen LogP contribution in [0.2, 0.25) is 0 Å². The van der Waals surface area contributed by atoms with E-state index in [0.29, 0.717) is 6.54 Å². The van der Waals surface area contributed by atoms with Crippen LogP contribution in [0.4, 0.5) is 5.69 Å². The molecule has 4 heteroatoms. The van der Waals surface area contributed by atoms with Gasteiger partial charge in [-0.15, -0.1) is 0 Å². The van der Waals surface area contributed by atoms with E-state index in [-0.39, 0.29) is 11.9 Å². The van der Waals surface area contributed by atoms with Crippen LogP contribution in [-0.2, 0) is 11.3 Å². The molecule has 1 amide bonds. The summed E-state index contributed by atoms with van der Waals surface area (Å²) in [7, 11) is 0. The van der Waals surface area contributed by atoms with Crippen LogP contribution in [0.25, 0.3) is 0 Å². The third-order valence-corrected chi connectivity index (χ3v) is 3.84. The smallest absolute Gasteiger partial charge is 0.242 e. The molecule has 1 atom stereocenters. The van der Waals surface area contributed by atoms with Crippen molar-refractivity contribution >= 4 is 11.6 Å². The van der Waals surface area contributed by atoms with E-state index in [4.69, 9.17) is 0 Å². The van der Waals surface area contributed by atoms with Gasteiger partial charge in [-0.25, -0.2) is 0 Å². The number of carbonyl (C=O) groups excluding carboxylic acids is 1. The molecular formula is C17H19N3O. The maximum Gasteiger partial charge on any atom is 0.242 e. The van der Waals surface area contributed by atoms with Gasteiger partial charge in [0.1, 0.15) is 6.04 Å². The Kier molecular flexibility index (Phi) is 4.15. The second-order valence-corrected chi connectivity index (χ2v) is 5.27. The van der Waals surface area contributed by atoms with Crippen LogP contribution in [0, 0.1) is 0 Å². The standard InChI is InChI=1S/C17H19N3O/c21-17(19-12-14-6-2-1-3-7-14)16-9-5-11-20(16)15-8-4-10-18-13-15/h1-4,6-8,10,13,16H,5,9,11-12H2,(H,19,21)/t16-/m0/s1. The fourth-order valence-electron chi connectivity index (χ4n) is 2.77. The Balaban J connectivity index is 1.64. The predicted molar refractivity (Wildman–Crippen MR) is 82.9 cm³/mol. The number of amides is 1. The van der Waals surface area contributed by atoms with Gasteiger partial charge < -0.3 is 10.2 Å². The van der Waals surface area contributed by atoms with Crippen molar-refractivity contribution in [2.45, 2.75) is 25.4 Å². The first kappa shape index (κ1) is 13.6. The van der Waals surface area contributed by atoms with Crippen LogP contribution in [0.1, 0.15) is 18.4 Å². The van der Waals surface area contributed by atoms with Gasteiger partial charge in [0.15, 0.2) is 0 Å². The lowest BCUT2D eigenvalue weighted by Gasteiger charge is -2.25. The van der Waals surface area contributed by atoms with Crippen molar-refractivity contribution in [3.05, 3.63) is 60.4 Å². The number of aromatic nitrogens is 1. The first-order chi connectivity index (χ1) is 10.3. The third-order valence-electron chi connectivity index (χ3n) is 3.84. The molecule has 2 aromatic rings. The number of pyridine rings is 1. The molecule has 2 heterocycles. The van der Waals surface area contributed by atoms with Crippen molar-refractivity contribution in [3.8, 4) is 0 Å². The average molecular weight is 281 g/mol. The van der Waals surface area contributed by atoms with Gasteiger partial charge >= 0.3 is 0 Å². The molecule has 1 aliphatic heterocycles. The van der Waals surface area contributed by atoms with Crippen LogP contribution in [0.15, 0.2) is 54.9 Å². The SMILES string of the molecule is O=C(NCc1ccccc1)[C@@H]1CCCN1c1cccnc1. The van der Waals surface area contributed by atoms with E-state index in [1.54, 1.807) is 6.20 Å². The molecule has 4 nitrogen and oxygen atoms in total. The Bertz CT molecular complexity index is 585. The van der Waals surface area contributed by atoms with E-state index in [0.717, 1.165) is 30.6 Å². The lowest BCUT2D eigenvalue weighted by molar-refractivity contribution is -0.122. The van der Waals surface area contributed by atoms with Gasteiger partial charge in [-0.2, -0.15) is 0 Å². The van der Waals surface area contributed by atoms with Crippen molar-refractivity contribution in [1.29, 1.82) is 0 Å². The fourth-order valence-corrected chi connectivity index (χ4v) is 2.77. The molecule has 0 unspecified atom stereocenters. The number of hydrogen-bond donors (Lipinski definition) is 1. The molecule has 0 saturated carbocycles. The highest BCUT2D eigenvalue weighted by molar-refractivity contribution is 5.85. The van der Waals surface area contributed by atoms with Gasteiger partial charge in [0.2, 0.25) is 5.91 Å². The van der Waals surface area contributed by atoms with Crippen LogP contribution >= 0.6 is 0 Å². The molecule has 1 N–H and O–H groups in total. The van der Waals surface area contributed by atoms with E-state index in [1.165, 1.54) is 0 Å². The maximum absolute atomic E-state index is 12.4. The molecule has 3 rings (SSSR count). The van der Waals surface area contributed by atoms with Crippen LogP contribution in [0.5, 0.6) is 0 Å². The first-order valence-corrected chi connectivity index (χ1v) is 7.33. The predicted octanol–water partition coefficient (Wildman–Crippen LogP) is 2.37. The number of carbonyl (C=O) groups is 1. The molecule has 1 aromatic heterocycles. The van der Waals surface area contributed by atoms with Crippen molar-refractivity contribution < 1.29 is 4.79 Å².